The molecule has 1 aliphatic rings. The van der Waals surface area contributed by atoms with E-state index in [-0.39, 0.29) is 0 Å². The van der Waals surface area contributed by atoms with Crippen molar-refractivity contribution in [1.82, 2.24) is 5.32 Å². The van der Waals surface area contributed by atoms with Gasteiger partial charge in [-0.15, -0.1) is 0 Å². The van der Waals surface area contributed by atoms with E-state index in [1.54, 1.807) is 0 Å². The summed E-state index contributed by atoms with van der Waals surface area (Å²) in [4.78, 5) is 0. The lowest BCUT2D eigenvalue weighted by atomic mass is 9.95. The van der Waals surface area contributed by atoms with Crippen LogP contribution in [0.4, 0.5) is 0 Å². The molecule has 1 aliphatic heterocycles. The van der Waals surface area contributed by atoms with E-state index in [0.717, 1.165) is 25.2 Å². The second kappa shape index (κ2) is 6.06. The van der Waals surface area contributed by atoms with Gasteiger partial charge in [0, 0.05) is 11.6 Å². The molecule has 1 aromatic rings. The van der Waals surface area contributed by atoms with Gasteiger partial charge in [-0.25, -0.2) is 0 Å². The molecule has 0 amide bonds. The van der Waals surface area contributed by atoms with Crippen molar-refractivity contribution < 1.29 is 4.74 Å². The highest BCUT2D eigenvalue weighted by Crippen LogP contribution is 2.34. The quantitative estimate of drug-likeness (QED) is 0.841. The maximum Gasteiger partial charge on any atom is 0.127 e. The Balaban J connectivity index is 2.23. The van der Waals surface area contributed by atoms with Crippen LogP contribution in [-0.2, 0) is 6.42 Å². The normalized spacial score (nSPS) is 16.1. The third-order valence-corrected chi connectivity index (χ3v) is 3.53. The Hall–Kier alpha value is -1.02. The van der Waals surface area contributed by atoms with Crippen molar-refractivity contribution in [1.29, 1.82) is 0 Å². The van der Waals surface area contributed by atoms with Crippen LogP contribution in [-0.4, -0.2) is 13.7 Å². The summed E-state index contributed by atoms with van der Waals surface area (Å²) in [5.41, 5.74) is 2.73. The molecule has 0 saturated heterocycles. The largest absolute Gasteiger partial charge is 0.493 e. The van der Waals surface area contributed by atoms with Crippen LogP contribution in [0.25, 0.3) is 0 Å². The SMILES string of the molecule is CCCCC(NC)c1cccc2c1OCCC2. The summed E-state index contributed by atoms with van der Waals surface area (Å²) < 4.78 is 5.88. The molecule has 1 heterocycles. The predicted octanol–water partition coefficient (Wildman–Crippen LogP) is 3.46. The first-order valence-electron chi connectivity index (χ1n) is 6.78. The number of para-hydroxylation sites is 1. The molecule has 0 spiro atoms. The van der Waals surface area contributed by atoms with E-state index in [2.05, 4.69) is 30.4 Å². The van der Waals surface area contributed by atoms with E-state index in [0.29, 0.717) is 6.04 Å². The number of ether oxygens (including phenoxy) is 1. The molecular weight excluding hydrogens is 210 g/mol. The second-order valence-electron chi connectivity index (χ2n) is 4.77. The number of hydrogen-bond acceptors (Lipinski definition) is 2. The average molecular weight is 233 g/mol. The number of nitrogens with one attached hydrogen (secondary N) is 1. The summed E-state index contributed by atoms with van der Waals surface area (Å²) in [6.45, 7) is 3.11. The van der Waals surface area contributed by atoms with Crippen molar-refractivity contribution >= 4 is 0 Å². The van der Waals surface area contributed by atoms with Gasteiger partial charge >= 0.3 is 0 Å². The molecule has 1 atom stereocenters. The molecule has 1 N–H and O–H groups in total. The number of unbranched alkanes of at least 4 members (excludes halogenated alkanes) is 1. The van der Waals surface area contributed by atoms with Crippen LogP contribution in [0.15, 0.2) is 18.2 Å². The number of fused-ring (bicyclic) bond motifs is 1. The van der Waals surface area contributed by atoms with Crippen LogP contribution < -0.4 is 10.1 Å². The van der Waals surface area contributed by atoms with E-state index < -0.39 is 0 Å². The standard InChI is InChI=1S/C15H23NO/c1-3-4-10-14(16-2)13-9-5-7-12-8-6-11-17-15(12)13/h5,7,9,14,16H,3-4,6,8,10-11H2,1-2H3. The van der Waals surface area contributed by atoms with Gasteiger partial charge in [0.15, 0.2) is 0 Å². The van der Waals surface area contributed by atoms with Gasteiger partial charge in [-0.05, 0) is 31.9 Å². The number of rotatable bonds is 5. The number of aryl methyl sites for hydroxylation is 1. The fraction of sp³-hybridized carbons (Fsp3) is 0.600. The Bertz CT molecular complexity index is 362. The maximum atomic E-state index is 5.88. The molecule has 0 bridgehead atoms. The van der Waals surface area contributed by atoms with E-state index in [1.165, 1.54) is 30.4 Å². The summed E-state index contributed by atoms with van der Waals surface area (Å²) in [6, 6.07) is 7.01. The monoisotopic (exact) mass is 233 g/mol. The van der Waals surface area contributed by atoms with Crippen LogP contribution in [0, 0.1) is 0 Å². The van der Waals surface area contributed by atoms with Gasteiger partial charge in [-0.2, -0.15) is 0 Å². The molecule has 0 fully saturated rings. The van der Waals surface area contributed by atoms with Gasteiger partial charge in [-0.3, -0.25) is 0 Å². The summed E-state index contributed by atoms with van der Waals surface area (Å²) >= 11 is 0. The lowest BCUT2D eigenvalue weighted by Gasteiger charge is -2.25. The zero-order chi connectivity index (χ0) is 12.1. The first-order valence-corrected chi connectivity index (χ1v) is 6.78. The van der Waals surface area contributed by atoms with Crippen LogP contribution in [0.1, 0.15) is 49.8 Å². The van der Waals surface area contributed by atoms with Crippen molar-refractivity contribution in [2.24, 2.45) is 0 Å². The molecular formula is C15H23NO. The number of hydrogen-bond donors (Lipinski definition) is 1. The van der Waals surface area contributed by atoms with Crippen molar-refractivity contribution in [3.63, 3.8) is 0 Å². The van der Waals surface area contributed by atoms with Crippen molar-refractivity contribution in [2.75, 3.05) is 13.7 Å². The highest BCUT2D eigenvalue weighted by atomic mass is 16.5. The van der Waals surface area contributed by atoms with Crippen molar-refractivity contribution in [3.05, 3.63) is 29.3 Å². The smallest absolute Gasteiger partial charge is 0.127 e. The molecule has 0 radical (unpaired) electrons. The number of benzene rings is 1. The zero-order valence-corrected chi connectivity index (χ0v) is 11.0. The van der Waals surface area contributed by atoms with Gasteiger partial charge in [0.25, 0.3) is 0 Å². The summed E-state index contributed by atoms with van der Waals surface area (Å²) in [7, 11) is 2.04. The van der Waals surface area contributed by atoms with Gasteiger partial charge in [0.1, 0.15) is 5.75 Å². The van der Waals surface area contributed by atoms with Gasteiger partial charge in [-0.1, -0.05) is 38.0 Å². The summed E-state index contributed by atoms with van der Waals surface area (Å²) in [6.07, 6.45) is 6.00. The molecule has 1 aromatic carbocycles. The maximum absolute atomic E-state index is 5.88. The molecule has 2 heteroatoms. The Morgan fingerprint density at radius 3 is 3.06 bits per heavy atom. The van der Waals surface area contributed by atoms with E-state index in [9.17, 15) is 0 Å². The molecule has 0 aromatic heterocycles. The molecule has 1 unspecified atom stereocenters. The van der Waals surface area contributed by atoms with E-state index in [4.69, 9.17) is 4.74 Å². The minimum absolute atomic E-state index is 0.433. The lowest BCUT2D eigenvalue weighted by Crippen LogP contribution is -2.19. The minimum atomic E-state index is 0.433. The third-order valence-electron chi connectivity index (χ3n) is 3.53. The minimum Gasteiger partial charge on any atom is -0.493 e. The van der Waals surface area contributed by atoms with Gasteiger partial charge < -0.3 is 10.1 Å². The fourth-order valence-electron chi connectivity index (χ4n) is 2.55. The first kappa shape index (κ1) is 12.4. The highest BCUT2D eigenvalue weighted by Gasteiger charge is 2.19. The highest BCUT2D eigenvalue weighted by molar-refractivity contribution is 5.44. The van der Waals surface area contributed by atoms with Crippen molar-refractivity contribution in [3.8, 4) is 5.75 Å². The Morgan fingerprint density at radius 2 is 2.29 bits per heavy atom. The van der Waals surface area contributed by atoms with Gasteiger partial charge in [0.2, 0.25) is 0 Å². The van der Waals surface area contributed by atoms with Crippen LogP contribution >= 0.6 is 0 Å². The van der Waals surface area contributed by atoms with Crippen LogP contribution in [0.5, 0.6) is 5.75 Å². The van der Waals surface area contributed by atoms with E-state index >= 15 is 0 Å². The lowest BCUT2D eigenvalue weighted by molar-refractivity contribution is 0.281. The summed E-state index contributed by atoms with van der Waals surface area (Å²) in [5, 5.41) is 3.42. The molecule has 0 saturated carbocycles. The first-order chi connectivity index (χ1) is 8.36. The van der Waals surface area contributed by atoms with Crippen LogP contribution in [0.3, 0.4) is 0 Å². The van der Waals surface area contributed by atoms with Crippen LogP contribution in [0.2, 0.25) is 0 Å². The fourth-order valence-corrected chi connectivity index (χ4v) is 2.55. The molecule has 17 heavy (non-hydrogen) atoms. The Kier molecular flexibility index (Phi) is 4.43. The molecule has 94 valence electrons. The predicted molar refractivity (Wildman–Crippen MR) is 71.6 cm³/mol. The van der Waals surface area contributed by atoms with Gasteiger partial charge in [0.05, 0.1) is 6.61 Å². The topological polar surface area (TPSA) is 21.3 Å². The Labute approximate surface area is 104 Å². The Morgan fingerprint density at radius 1 is 1.41 bits per heavy atom. The second-order valence-corrected chi connectivity index (χ2v) is 4.77. The zero-order valence-electron chi connectivity index (χ0n) is 11.0. The molecule has 0 aliphatic carbocycles. The van der Waals surface area contributed by atoms with Crippen molar-refractivity contribution in [2.45, 2.75) is 45.1 Å². The average Bonchev–Trinajstić information content (AvgIpc) is 2.40. The summed E-state index contributed by atoms with van der Waals surface area (Å²) in [5.74, 6) is 1.15. The van der Waals surface area contributed by atoms with E-state index in [1.807, 2.05) is 7.05 Å². The third kappa shape index (κ3) is 2.81. The molecule has 2 nitrogen and oxygen atoms in total. The molecule has 2 rings (SSSR count).